The molecular formula is C12H22N4OS. The predicted octanol–water partition coefficient (Wildman–Crippen LogP) is 1.87. The number of hydrogen-bond acceptors (Lipinski definition) is 4. The van der Waals surface area contributed by atoms with Gasteiger partial charge in [0, 0.05) is 19.2 Å². The van der Waals surface area contributed by atoms with Crippen LogP contribution in [0.1, 0.15) is 25.5 Å². The van der Waals surface area contributed by atoms with Crippen molar-refractivity contribution in [2.24, 2.45) is 4.99 Å². The van der Waals surface area contributed by atoms with E-state index in [1.54, 1.807) is 6.26 Å². The molecule has 1 aromatic heterocycles. The summed E-state index contributed by atoms with van der Waals surface area (Å²) in [6, 6.07) is 1.82. The average Bonchev–Trinajstić information content (AvgIpc) is 2.88. The third-order valence-corrected chi connectivity index (χ3v) is 3.00. The Kier molecular flexibility index (Phi) is 8.12. The number of unbranched alkanes of at least 4 members (excludes halogenated alkanes) is 1. The number of aromatic nitrogens is 1. The lowest BCUT2D eigenvalue weighted by Crippen LogP contribution is -2.37. The van der Waals surface area contributed by atoms with Crippen LogP contribution >= 0.6 is 11.8 Å². The topological polar surface area (TPSA) is 62.5 Å². The van der Waals surface area contributed by atoms with Gasteiger partial charge in [-0.25, -0.2) is 4.99 Å². The third kappa shape index (κ3) is 6.54. The summed E-state index contributed by atoms with van der Waals surface area (Å²) in [7, 11) is 0. The van der Waals surface area contributed by atoms with Crippen LogP contribution in [0.5, 0.6) is 0 Å². The molecule has 0 radical (unpaired) electrons. The summed E-state index contributed by atoms with van der Waals surface area (Å²) in [5.74, 6) is 2.05. The van der Waals surface area contributed by atoms with Crippen molar-refractivity contribution in [3.63, 3.8) is 0 Å². The van der Waals surface area contributed by atoms with Gasteiger partial charge in [0.15, 0.2) is 5.96 Å². The number of nitrogens with one attached hydrogen (secondary N) is 2. The van der Waals surface area contributed by atoms with Crippen molar-refractivity contribution in [2.45, 2.75) is 26.3 Å². The van der Waals surface area contributed by atoms with Crippen LogP contribution in [-0.4, -0.2) is 36.2 Å². The fraction of sp³-hybridized carbons (Fsp3) is 0.667. The highest BCUT2D eigenvalue weighted by atomic mass is 32.2. The van der Waals surface area contributed by atoms with Gasteiger partial charge in [0.2, 0.25) is 0 Å². The maximum absolute atomic E-state index is 4.77. The fourth-order valence-electron chi connectivity index (χ4n) is 1.40. The van der Waals surface area contributed by atoms with Crippen LogP contribution in [0.25, 0.3) is 0 Å². The average molecular weight is 270 g/mol. The van der Waals surface area contributed by atoms with Gasteiger partial charge in [-0.15, -0.1) is 0 Å². The summed E-state index contributed by atoms with van der Waals surface area (Å²) >= 11 is 1.89. The Morgan fingerprint density at radius 1 is 1.44 bits per heavy atom. The zero-order valence-corrected chi connectivity index (χ0v) is 11.9. The molecule has 0 bridgehead atoms. The van der Waals surface area contributed by atoms with Gasteiger partial charge in [-0.2, -0.15) is 11.8 Å². The quantitative estimate of drug-likeness (QED) is 0.429. The van der Waals surface area contributed by atoms with E-state index in [1.807, 2.05) is 17.8 Å². The molecule has 1 heterocycles. The molecule has 102 valence electrons. The first kappa shape index (κ1) is 14.9. The van der Waals surface area contributed by atoms with Crippen LogP contribution in [0.3, 0.4) is 0 Å². The van der Waals surface area contributed by atoms with Gasteiger partial charge in [-0.05, 0) is 31.8 Å². The number of aliphatic imine (C=N–C) groups is 1. The summed E-state index contributed by atoms with van der Waals surface area (Å²) in [6.45, 7) is 4.40. The Morgan fingerprint density at radius 3 is 3.00 bits per heavy atom. The second-order valence-electron chi connectivity index (χ2n) is 3.81. The van der Waals surface area contributed by atoms with Gasteiger partial charge in [0.05, 0.1) is 6.54 Å². The molecule has 0 fully saturated rings. The Balaban J connectivity index is 2.27. The van der Waals surface area contributed by atoms with Gasteiger partial charge < -0.3 is 15.2 Å². The summed E-state index contributed by atoms with van der Waals surface area (Å²) in [4.78, 5) is 4.44. The minimum Gasteiger partial charge on any atom is -0.364 e. The first-order chi connectivity index (χ1) is 8.86. The molecular weight excluding hydrogens is 248 g/mol. The van der Waals surface area contributed by atoms with Gasteiger partial charge in [0.1, 0.15) is 12.0 Å². The van der Waals surface area contributed by atoms with Crippen molar-refractivity contribution in [2.75, 3.05) is 25.1 Å². The largest absolute Gasteiger partial charge is 0.364 e. The lowest BCUT2D eigenvalue weighted by atomic mass is 10.3. The van der Waals surface area contributed by atoms with E-state index in [4.69, 9.17) is 4.52 Å². The second kappa shape index (κ2) is 9.82. The molecule has 6 heteroatoms. The zero-order chi connectivity index (χ0) is 13.1. The lowest BCUT2D eigenvalue weighted by molar-refractivity contribution is 0.412. The molecule has 0 aromatic carbocycles. The molecule has 18 heavy (non-hydrogen) atoms. The van der Waals surface area contributed by atoms with Gasteiger partial charge in [0.25, 0.3) is 0 Å². The molecule has 2 N–H and O–H groups in total. The Hall–Kier alpha value is -1.17. The molecule has 0 aliphatic heterocycles. The van der Waals surface area contributed by atoms with Gasteiger partial charge in [-0.3, -0.25) is 0 Å². The molecule has 5 nitrogen and oxygen atoms in total. The zero-order valence-electron chi connectivity index (χ0n) is 11.1. The van der Waals surface area contributed by atoms with Crippen LogP contribution in [-0.2, 0) is 6.54 Å². The van der Waals surface area contributed by atoms with E-state index >= 15 is 0 Å². The van der Waals surface area contributed by atoms with E-state index in [0.29, 0.717) is 6.54 Å². The highest BCUT2D eigenvalue weighted by Gasteiger charge is 1.98. The van der Waals surface area contributed by atoms with E-state index in [9.17, 15) is 0 Å². The Labute approximate surface area is 113 Å². The molecule has 1 rings (SSSR count). The maximum atomic E-state index is 4.77. The van der Waals surface area contributed by atoms with E-state index in [-0.39, 0.29) is 0 Å². The molecule has 0 unspecified atom stereocenters. The van der Waals surface area contributed by atoms with E-state index in [2.05, 4.69) is 34.0 Å². The second-order valence-corrected chi connectivity index (χ2v) is 4.80. The van der Waals surface area contributed by atoms with Crippen LogP contribution in [0.4, 0.5) is 0 Å². The summed E-state index contributed by atoms with van der Waals surface area (Å²) < 4.78 is 4.77. The monoisotopic (exact) mass is 270 g/mol. The first-order valence-electron chi connectivity index (χ1n) is 6.27. The molecule has 0 spiro atoms. The first-order valence-corrected chi connectivity index (χ1v) is 7.66. The number of rotatable bonds is 8. The van der Waals surface area contributed by atoms with E-state index in [1.165, 1.54) is 12.2 Å². The van der Waals surface area contributed by atoms with Gasteiger partial charge >= 0.3 is 0 Å². The van der Waals surface area contributed by atoms with E-state index in [0.717, 1.165) is 31.2 Å². The predicted molar refractivity (Wildman–Crippen MR) is 76.9 cm³/mol. The van der Waals surface area contributed by atoms with Crippen LogP contribution < -0.4 is 10.6 Å². The molecule has 0 amide bonds. The van der Waals surface area contributed by atoms with Crippen molar-refractivity contribution in [3.05, 3.63) is 18.0 Å². The Bertz CT molecular complexity index is 327. The normalized spacial score (nSPS) is 11.6. The molecule has 0 atom stereocenters. The van der Waals surface area contributed by atoms with Crippen LogP contribution in [0.2, 0.25) is 0 Å². The summed E-state index contributed by atoms with van der Waals surface area (Å²) in [5, 5.41) is 10.4. The standard InChI is InChI=1S/C12H22N4OS/c1-3-13-12(14-7-4-5-9-18-2)15-10-11-6-8-17-16-11/h6,8H,3-5,7,9-10H2,1-2H3,(H2,13,14,15). The molecule has 0 saturated heterocycles. The minimum atomic E-state index is 0.538. The van der Waals surface area contributed by atoms with Crippen molar-refractivity contribution in [1.29, 1.82) is 0 Å². The molecule has 0 aliphatic rings. The fourth-order valence-corrected chi connectivity index (χ4v) is 1.89. The summed E-state index contributed by atoms with van der Waals surface area (Å²) in [6.07, 6.45) is 6.09. The van der Waals surface area contributed by atoms with Crippen molar-refractivity contribution in [1.82, 2.24) is 15.8 Å². The molecule has 0 aliphatic carbocycles. The van der Waals surface area contributed by atoms with Crippen LogP contribution in [0.15, 0.2) is 21.8 Å². The van der Waals surface area contributed by atoms with Crippen LogP contribution in [0, 0.1) is 0 Å². The maximum Gasteiger partial charge on any atom is 0.191 e. The third-order valence-electron chi connectivity index (χ3n) is 2.30. The number of guanidine groups is 1. The number of thioether (sulfide) groups is 1. The van der Waals surface area contributed by atoms with Gasteiger partial charge in [-0.1, -0.05) is 5.16 Å². The summed E-state index contributed by atoms with van der Waals surface area (Å²) in [5.41, 5.74) is 0.842. The SMILES string of the molecule is CCNC(=NCc1ccon1)NCCCCSC. The van der Waals surface area contributed by atoms with Crippen molar-refractivity contribution >= 4 is 17.7 Å². The molecule has 0 saturated carbocycles. The Morgan fingerprint density at radius 2 is 2.33 bits per heavy atom. The molecule has 1 aromatic rings. The number of nitrogens with zero attached hydrogens (tertiary/aromatic N) is 2. The highest BCUT2D eigenvalue weighted by molar-refractivity contribution is 7.98. The highest BCUT2D eigenvalue weighted by Crippen LogP contribution is 1.98. The van der Waals surface area contributed by atoms with Crippen molar-refractivity contribution < 1.29 is 4.52 Å². The number of hydrogen-bond donors (Lipinski definition) is 2. The smallest absolute Gasteiger partial charge is 0.191 e. The van der Waals surface area contributed by atoms with Crippen molar-refractivity contribution in [3.8, 4) is 0 Å². The lowest BCUT2D eigenvalue weighted by Gasteiger charge is -2.10. The minimum absolute atomic E-state index is 0.538. The van der Waals surface area contributed by atoms with E-state index < -0.39 is 0 Å².